The topological polar surface area (TPSA) is 136 Å². The summed E-state index contributed by atoms with van der Waals surface area (Å²) in [4.78, 5) is 20.1. The van der Waals surface area contributed by atoms with Crippen molar-refractivity contribution in [1.82, 2.24) is 0 Å². The second-order valence-electron chi connectivity index (χ2n) is 3.66. The van der Waals surface area contributed by atoms with Crippen LogP contribution in [0.4, 0.5) is 11.4 Å². The summed E-state index contributed by atoms with van der Waals surface area (Å²) >= 11 is 0. The van der Waals surface area contributed by atoms with E-state index in [9.17, 15) is 20.2 Å². The third kappa shape index (κ3) is 2.95. The van der Waals surface area contributed by atoms with Gasteiger partial charge in [0.25, 0.3) is 5.69 Å². The molecule has 0 radical (unpaired) electrons. The number of nitro groups is 2. The third-order valence-electron chi connectivity index (χ3n) is 2.60. The van der Waals surface area contributed by atoms with Gasteiger partial charge in [-0.2, -0.15) is 0 Å². The van der Waals surface area contributed by atoms with Crippen molar-refractivity contribution in [2.24, 2.45) is 0 Å². The van der Waals surface area contributed by atoms with Crippen LogP contribution in [0.1, 0.15) is 11.5 Å². The third-order valence-corrected chi connectivity index (χ3v) is 2.60. The number of aliphatic hydroxyl groups is 2. The zero-order chi connectivity index (χ0) is 14.6. The van der Waals surface area contributed by atoms with Crippen LogP contribution in [0.15, 0.2) is 12.1 Å². The number of ether oxygens (including phenoxy) is 1. The Hall–Kier alpha value is -2.26. The van der Waals surface area contributed by atoms with E-state index in [-0.39, 0.29) is 11.3 Å². The Morgan fingerprint density at radius 3 is 2.05 bits per heavy atom. The number of hydrogen-bond donors (Lipinski definition) is 2. The van der Waals surface area contributed by atoms with Gasteiger partial charge in [0, 0.05) is 11.5 Å². The SMILES string of the molecule is COc1cc(C(CO)CO)c([N+](=O)[O-])cc1[N+](=O)[O-]. The lowest BCUT2D eigenvalue weighted by atomic mass is 9.98. The molecule has 1 aromatic carbocycles. The van der Waals surface area contributed by atoms with Crippen molar-refractivity contribution in [2.45, 2.75) is 5.92 Å². The Kier molecular flexibility index (Phi) is 4.73. The Morgan fingerprint density at radius 1 is 1.16 bits per heavy atom. The highest BCUT2D eigenvalue weighted by Crippen LogP contribution is 2.37. The summed E-state index contributed by atoms with van der Waals surface area (Å²) in [6, 6.07) is 1.85. The first-order valence-corrected chi connectivity index (χ1v) is 5.18. The van der Waals surface area contributed by atoms with Gasteiger partial charge in [-0.1, -0.05) is 0 Å². The second-order valence-corrected chi connectivity index (χ2v) is 3.66. The lowest BCUT2D eigenvalue weighted by molar-refractivity contribution is -0.395. The highest BCUT2D eigenvalue weighted by molar-refractivity contribution is 5.59. The van der Waals surface area contributed by atoms with Gasteiger partial charge in [0.1, 0.15) is 0 Å². The van der Waals surface area contributed by atoms with Crippen LogP contribution in [-0.4, -0.2) is 40.4 Å². The normalized spacial score (nSPS) is 10.5. The average molecular weight is 272 g/mol. The summed E-state index contributed by atoms with van der Waals surface area (Å²) in [5.74, 6) is -1.08. The lowest BCUT2D eigenvalue weighted by Crippen LogP contribution is -2.12. The van der Waals surface area contributed by atoms with Crippen LogP contribution in [0.5, 0.6) is 5.75 Å². The number of nitro benzene ring substituents is 2. The molecule has 0 aliphatic carbocycles. The van der Waals surface area contributed by atoms with E-state index in [2.05, 4.69) is 0 Å². The van der Waals surface area contributed by atoms with Crippen LogP contribution in [0, 0.1) is 20.2 Å². The van der Waals surface area contributed by atoms with Gasteiger partial charge >= 0.3 is 5.69 Å². The minimum absolute atomic E-state index is 0.0162. The van der Waals surface area contributed by atoms with Crippen LogP contribution < -0.4 is 4.74 Å². The fourth-order valence-electron chi connectivity index (χ4n) is 1.62. The molecule has 0 heterocycles. The van der Waals surface area contributed by atoms with Crippen LogP contribution in [0.2, 0.25) is 0 Å². The first-order valence-electron chi connectivity index (χ1n) is 5.18. The monoisotopic (exact) mass is 272 g/mol. The molecule has 0 aliphatic heterocycles. The molecule has 0 aromatic heterocycles. The van der Waals surface area contributed by atoms with Crippen molar-refractivity contribution >= 4 is 11.4 Å². The van der Waals surface area contributed by atoms with E-state index in [1.165, 1.54) is 7.11 Å². The summed E-state index contributed by atoms with van der Waals surface area (Å²) in [5.41, 5.74) is -1.11. The van der Waals surface area contributed by atoms with E-state index in [1.54, 1.807) is 0 Å². The van der Waals surface area contributed by atoms with Crippen molar-refractivity contribution in [3.05, 3.63) is 37.9 Å². The lowest BCUT2D eigenvalue weighted by Gasteiger charge is -2.13. The maximum absolute atomic E-state index is 10.9. The van der Waals surface area contributed by atoms with Crippen molar-refractivity contribution in [3.63, 3.8) is 0 Å². The maximum atomic E-state index is 10.9. The molecule has 9 nitrogen and oxygen atoms in total. The molecule has 0 saturated carbocycles. The molecular weight excluding hydrogens is 260 g/mol. The molecule has 1 aromatic rings. The molecule has 0 saturated heterocycles. The van der Waals surface area contributed by atoms with Gasteiger partial charge in [0.05, 0.1) is 36.2 Å². The van der Waals surface area contributed by atoms with Crippen molar-refractivity contribution in [3.8, 4) is 5.75 Å². The van der Waals surface area contributed by atoms with Crippen molar-refractivity contribution in [2.75, 3.05) is 20.3 Å². The minimum atomic E-state index is -0.907. The van der Waals surface area contributed by atoms with Gasteiger partial charge in [0.2, 0.25) is 0 Å². The van der Waals surface area contributed by atoms with Gasteiger partial charge in [-0.05, 0) is 6.07 Å². The minimum Gasteiger partial charge on any atom is -0.490 e. The molecule has 9 heteroatoms. The number of rotatable bonds is 6. The van der Waals surface area contributed by atoms with E-state index in [1.807, 2.05) is 0 Å². The smallest absolute Gasteiger partial charge is 0.317 e. The molecule has 2 N–H and O–H groups in total. The summed E-state index contributed by atoms with van der Waals surface area (Å²) in [6.07, 6.45) is 0. The molecule has 0 amide bonds. The highest BCUT2D eigenvalue weighted by Gasteiger charge is 2.28. The van der Waals surface area contributed by atoms with Crippen molar-refractivity contribution < 1.29 is 24.8 Å². The van der Waals surface area contributed by atoms with Gasteiger partial charge in [-0.15, -0.1) is 0 Å². The molecule has 0 fully saturated rings. The number of hydrogen-bond acceptors (Lipinski definition) is 7. The Morgan fingerprint density at radius 2 is 1.68 bits per heavy atom. The van der Waals surface area contributed by atoms with E-state index >= 15 is 0 Å². The second kappa shape index (κ2) is 6.07. The Labute approximate surface area is 107 Å². The molecule has 104 valence electrons. The Bertz CT molecular complexity index is 499. The summed E-state index contributed by atoms with van der Waals surface area (Å²) in [7, 11) is 1.19. The first kappa shape index (κ1) is 14.8. The van der Waals surface area contributed by atoms with Crippen LogP contribution in [-0.2, 0) is 0 Å². The van der Waals surface area contributed by atoms with Gasteiger partial charge in [-0.25, -0.2) is 0 Å². The molecule has 1 rings (SSSR count). The fraction of sp³-hybridized carbons (Fsp3) is 0.400. The summed E-state index contributed by atoms with van der Waals surface area (Å²) in [5, 5.41) is 39.8. The largest absolute Gasteiger partial charge is 0.490 e. The Balaban J connectivity index is 3.53. The predicted molar refractivity (Wildman–Crippen MR) is 63.2 cm³/mol. The first-order chi connectivity index (χ1) is 8.96. The number of methoxy groups -OCH3 is 1. The fourth-order valence-corrected chi connectivity index (χ4v) is 1.62. The number of benzene rings is 1. The molecule has 0 unspecified atom stereocenters. The summed E-state index contributed by atoms with van der Waals surface area (Å²) in [6.45, 7) is -1.06. The molecular formula is C10H12N2O7. The van der Waals surface area contributed by atoms with Crippen LogP contribution >= 0.6 is 0 Å². The maximum Gasteiger partial charge on any atom is 0.317 e. The molecule has 0 bridgehead atoms. The molecule has 0 aliphatic rings. The van der Waals surface area contributed by atoms with E-state index in [0.29, 0.717) is 0 Å². The molecule has 19 heavy (non-hydrogen) atoms. The van der Waals surface area contributed by atoms with Gasteiger partial charge < -0.3 is 14.9 Å². The highest BCUT2D eigenvalue weighted by atomic mass is 16.6. The van der Waals surface area contributed by atoms with Crippen molar-refractivity contribution in [1.29, 1.82) is 0 Å². The van der Waals surface area contributed by atoms with E-state index in [0.717, 1.165) is 12.1 Å². The molecule has 0 spiro atoms. The average Bonchev–Trinajstić information content (AvgIpc) is 2.38. The zero-order valence-corrected chi connectivity index (χ0v) is 9.98. The van der Waals surface area contributed by atoms with E-state index in [4.69, 9.17) is 14.9 Å². The zero-order valence-electron chi connectivity index (χ0n) is 9.98. The summed E-state index contributed by atoms with van der Waals surface area (Å²) < 4.78 is 4.79. The van der Waals surface area contributed by atoms with Crippen LogP contribution in [0.25, 0.3) is 0 Å². The molecule has 0 atom stereocenters. The quantitative estimate of drug-likeness (QED) is 0.570. The van der Waals surface area contributed by atoms with Gasteiger partial charge in [-0.3, -0.25) is 20.2 Å². The predicted octanol–water partition coefficient (Wildman–Crippen LogP) is 0.580. The van der Waals surface area contributed by atoms with E-state index < -0.39 is 40.4 Å². The van der Waals surface area contributed by atoms with Gasteiger partial charge in [0.15, 0.2) is 5.75 Å². The van der Waals surface area contributed by atoms with Crippen LogP contribution in [0.3, 0.4) is 0 Å². The standard InChI is InChI=1S/C10H12N2O7/c1-19-10-2-7(6(4-13)5-14)8(11(15)16)3-9(10)12(17)18/h2-3,6,13-14H,4-5H2,1H3. The number of aliphatic hydroxyl groups excluding tert-OH is 2. The number of nitrogens with zero attached hydrogens (tertiary/aromatic N) is 2.